The van der Waals surface area contributed by atoms with Gasteiger partial charge in [0.2, 0.25) is 0 Å². The number of rotatable bonds is 7. The molecule has 2 atom stereocenters. The van der Waals surface area contributed by atoms with Crippen LogP contribution in [0.1, 0.15) is 29.7 Å². The summed E-state index contributed by atoms with van der Waals surface area (Å²) in [5.74, 6) is 0.212. The predicted octanol–water partition coefficient (Wildman–Crippen LogP) is 2.82. The molecule has 0 bridgehead atoms. The number of benzene rings is 2. The lowest BCUT2D eigenvalue weighted by molar-refractivity contribution is -0.127. The van der Waals surface area contributed by atoms with Crippen molar-refractivity contribution in [2.75, 3.05) is 32.8 Å². The molecular weight excluding hydrogens is 366 g/mol. The van der Waals surface area contributed by atoms with Crippen LogP contribution in [-0.2, 0) is 9.53 Å². The third kappa shape index (κ3) is 5.57. The largest absolute Gasteiger partial charge is 0.480 e. The normalized spacial score (nSPS) is 16.4. The molecule has 1 saturated heterocycles. The summed E-state index contributed by atoms with van der Waals surface area (Å²) in [5, 5.41) is 12.2. The van der Waals surface area contributed by atoms with Crippen molar-refractivity contribution in [3.63, 3.8) is 0 Å². The molecule has 1 aliphatic heterocycles. The summed E-state index contributed by atoms with van der Waals surface area (Å²) in [4.78, 5) is 15.0. The van der Waals surface area contributed by atoms with Crippen molar-refractivity contribution in [2.45, 2.75) is 26.0 Å². The number of hydrogen-bond acceptors (Lipinski definition) is 5. The van der Waals surface area contributed by atoms with Gasteiger partial charge in [0.15, 0.2) is 6.10 Å². The monoisotopic (exact) mass is 393 g/mol. The molecule has 2 aromatic carbocycles. The van der Waals surface area contributed by atoms with E-state index < -0.39 is 6.10 Å². The smallest absolute Gasteiger partial charge is 0.260 e. The second-order valence-electron chi connectivity index (χ2n) is 7.19. The molecule has 1 fully saturated rings. The summed E-state index contributed by atoms with van der Waals surface area (Å²) in [5.41, 5.74) is 2.79. The van der Waals surface area contributed by atoms with Gasteiger partial charge < -0.3 is 14.8 Å². The van der Waals surface area contributed by atoms with Crippen molar-refractivity contribution in [1.29, 1.82) is 5.26 Å². The van der Waals surface area contributed by atoms with Crippen molar-refractivity contribution in [1.82, 2.24) is 10.2 Å². The minimum Gasteiger partial charge on any atom is -0.480 e. The zero-order valence-electron chi connectivity index (χ0n) is 16.9. The van der Waals surface area contributed by atoms with E-state index in [-0.39, 0.29) is 11.9 Å². The maximum Gasteiger partial charge on any atom is 0.260 e. The first-order valence-corrected chi connectivity index (χ1v) is 9.90. The van der Waals surface area contributed by atoms with Gasteiger partial charge in [0.1, 0.15) is 11.8 Å². The molecule has 29 heavy (non-hydrogen) atoms. The van der Waals surface area contributed by atoms with Crippen LogP contribution in [0.25, 0.3) is 0 Å². The van der Waals surface area contributed by atoms with Gasteiger partial charge in [0, 0.05) is 19.6 Å². The first-order valence-electron chi connectivity index (χ1n) is 9.90. The standard InChI is InChI=1S/C23H27N3O3/c1-17-7-9-19(10-8-17)21(26-11-13-28-14-12-26)16-25-23(27)18(2)29-22-6-4-3-5-20(22)15-24/h3-10,18,21H,11-14,16H2,1-2H3,(H,25,27). The van der Waals surface area contributed by atoms with Gasteiger partial charge in [0.05, 0.1) is 24.8 Å². The zero-order chi connectivity index (χ0) is 20.6. The maximum absolute atomic E-state index is 12.7. The van der Waals surface area contributed by atoms with E-state index in [2.05, 4.69) is 47.5 Å². The van der Waals surface area contributed by atoms with Crippen LogP contribution in [0.4, 0.5) is 0 Å². The fourth-order valence-corrected chi connectivity index (χ4v) is 3.38. The van der Waals surface area contributed by atoms with Crippen molar-refractivity contribution in [3.05, 3.63) is 65.2 Å². The van der Waals surface area contributed by atoms with Gasteiger partial charge in [-0.15, -0.1) is 0 Å². The van der Waals surface area contributed by atoms with Gasteiger partial charge in [-0.2, -0.15) is 5.26 Å². The molecule has 0 spiro atoms. The van der Waals surface area contributed by atoms with E-state index >= 15 is 0 Å². The quantitative estimate of drug-likeness (QED) is 0.783. The molecule has 2 aromatic rings. The Balaban J connectivity index is 1.65. The van der Waals surface area contributed by atoms with E-state index in [0.29, 0.717) is 31.1 Å². The SMILES string of the molecule is Cc1ccc(C(CNC(=O)C(C)Oc2ccccc2C#N)N2CCOCC2)cc1. The Kier molecular flexibility index (Phi) is 7.23. The first kappa shape index (κ1) is 20.8. The Hall–Kier alpha value is -2.88. The molecule has 6 nitrogen and oxygen atoms in total. The van der Waals surface area contributed by atoms with Crippen molar-refractivity contribution in [3.8, 4) is 11.8 Å². The van der Waals surface area contributed by atoms with E-state index in [4.69, 9.17) is 9.47 Å². The summed E-state index contributed by atoms with van der Waals surface area (Å²) in [6.07, 6.45) is -0.701. The first-order chi connectivity index (χ1) is 14.1. The lowest BCUT2D eigenvalue weighted by Crippen LogP contribution is -2.45. The fourth-order valence-electron chi connectivity index (χ4n) is 3.38. The number of amides is 1. The summed E-state index contributed by atoms with van der Waals surface area (Å²) >= 11 is 0. The van der Waals surface area contributed by atoms with E-state index in [9.17, 15) is 10.1 Å². The highest BCUT2D eigenvalue weighted by Crippen LogP contribution is 2.22. The van der Waals surface area contributed by atoms with E-state index in [0.717, 1.165) is 13.1 Å². The van der Waals surface area contributed by atoms with Crippen LogP contribution in [0.3, 0.4) is 0 Å². The lowest BCUT2D eigenvalue weighted by atomic mass is 10.0. The predicted molar refractivity (Wildman–Crippen MR) is 111 cm³/mol. The molecule has 1 aliphatic rings. The molecular formula is C23H27N3O3. The van der Waals surface area contributed by atoms with Gasteiger partial charge in [0.25, 0.3) is 5.91 Å². The summed E-state index contributed by atoms with van der Waals surface area (Å²) in [6.45, 7) is 7.29. The number of carbonyl (C=O) groups excluding carboxylic acids is 1. The highest BCUT2D eigenvalue weighted by Gasteiger charge is 2.24. The topological polar surface area (TPSA) is 74.6 Å². The number of carbonyl (C=O) groups is 1. The van der Waals surface area contributed by atoms with Crippen LogP contribution < -0.4 is 10.1 Å². The van der Waals surface area contributed by atoms with Crippen LogP contribution in [-0.4, -0.2) is 49.8 Å². The molecule has 0 aliphatic carbocycles. The van der Waals surface area contributed by atoms with Crippen LogP contribution in [0.2, 0.25) is 0 Å². The Morgan fingerprint density at radius 1 is 1.21 bits per heavy atom. The molecule has 0 radical (unpaired) electrons. The Bertz CT molecular complexity index is 854. The third-order valence-electron chi connectivity index (χ3n) is 5.10. The molecule has 1 heterocycles. The van der Waals surface area contributed by atoms with Gasteiger partial charge >= 0.3 is 0 Å². The Morgan fingerprint density at radius 2 is 1.90 bits per heavy atom. The number of nitrogens with one attached hydrogen (secondary N) is 1. The van der Waals surface area contributed by atoms with Crippen LogP contribution in [0.5, 0.6) is 5.75 Å². The number of nitriles is 1. The third-order valence-corrected chi connectivity index (χ3v) is 5.10. The van der Waals surface area contributed by atoms with E-state index in [1.807, 2.05) is 0 Å². The lowest BCUT2D eigenvalue weighted by Gasteiger charge is -2.35. The van der Waals surface area contributed by atoms with Crippen LogP contribution in [0.15, 0.2) is 48.5 Å². The number of nitrogens with zero attached hydrogens (tertiary/aromatic N) is 2. The van der Waals surface area contributed by atoms with Crippen LogP contribution in [0, 0.1) is 18.3 Å². The average molecular weight is 393 g/mol. The van der Waals surface area contributed by atoms with Gasteiger partial charge in [-0.3, -0.25) is 9.69 Å². The Labute approximate surface area is 172 Å². The Morgan fingerprint density at radius 3 is 2.59 bits per heavy atom. The second-order valence-corrected chi connectivity index (χ2v) is 7.19. The summed E-state index contributed by atoms with van der Waals surface area (Å²) in [7, 11) is 0. The highest BCUT2D eigenvalue weighted by molar-refractivity contribution is 5.80. The molecule has 6 heteroatoms. The summed E-state index contributed by atoms with van der Waals surface area (Å²) < 4.78 is 11.2. The molecule has 152 valence electrons. The van der Waals surface area contributed by atoms with Crippen molar-refractivity contribution < 1.29 is 14.3 Å². The highest BCUT2D eigenvalue weighted by atomic mass is 16.5. The van der Waals surface area contributed by atoms with Crippen LogP contribution >= 0.6 is 0 Å². The fraction of sp³-hybridized carbons (Fsp3) is 0.391. The molecule has 0 saturated carbocycles. The second kappa shape index (κ2) is 10.1. The van der Waals surface area contributed by atoms with Gasteiger partial charge in [-0.25, -0.2) is 0 Å². The molecule has 0 aromatic heterocycles. The zero-order valence-corrected chi connectivity index (χ0v) is 16.9. The molecule has 3 rings (SSSR count). The number of para-hydroxylation sites is 1. The van der Waals surface area contributed by atoms with Crippen molar-refractivity contribution >= 4 is 5.91 Å². The number of aryl methyl sites for hydroxylation is 1. The van der Waals surface area contributed by atoms with E-state index in [1.165, 1.54) is 11.1 Å². The summed E-state index contributed by atoms with van der Waals surface area (Å²) in [6, 6.07) is 17.5. The van der Waals surface area contributed by atoms with E-state index in [1.54, 1.807) is 31.2 Å². The van der Waals surface area contributed by atoms with Gasteiger partial charge in [-0.1, -0.05) is 42.0 Å². The number of ether oxygens (including phenoxy) is 2. The number of hydrogen-bond donors (Lipinski definition) is 1. The molecule has 1 amide bonds. The molecule has 2 unspecified atom stereocenters. The molecule has 1 N–H and O–H groups in total. The average Bonchev–Trinajstić information content (AvgIpc) is 2.76. The minimum absolute atomic E-state index is 0.0713. The maximum atomic E-state index is 12.7. The number of morpholine rings is 1. The van der Waals surface area contributed by atoms with Gasteiger partial charge in [-0.05, 0) is 31.5 Å². The minimum atomic E-state index is -0.701. The van der Waals surface area contributed by atoms with Crippen molar-refractivity contribution in [2.24, 2.45) is 0 Å².